The summed E-state index contributed by atoms with van der Waals surface area (Å²) in [5.74, 6) is 1.42. The number of piperidine rings is 1. The molecule has 208 valence electrons. The summed E-state index contributed by atoms with van der Waals surface area (Å²) in [5.41, 5.74) is 2.55. The minimum absolute atomic E-state index is 0.0267. The van der Waals surface area contributed by atoms with Gasteiger partial charge < -0.3 is 24.2 Å². The Balaban J connectivity index is 1.35. The fourth-order valence-corrected chi connectivity index (χ4v) is 5.21. The van der Waals surface area contributed by atoms with Crippen molar-refractivity contribution in [2.75, 3.05) is 38.3 Å². The van der Waals surface area contributed by atoms with E-state index < -0.39 is 24.9 Å². The van der Waals surface area contributed by atoms with Crippen molar-refractivity contribution in [1.29, 1.82) is 0 Å². The normalized spacial score (nSPS) is 18.2. The lowest BCUT2D eigenvalue weighted by Crippen LogP contribution is -2.36. The molecule has 0 aromatic heterocycles. The number of rotatable bonds is 12. The van der Waals surface area contributed by atoms with E-state index in [1.54, 1.807) is 26.2 Å². The molecule has 0 radical (unpaired) electrons. The quantitative estimate of drug-likeness (QED) is 0.330. The largest absolute Gasteiger partial charge is 0.497 e. The van der Waals surface area contributed by atoms with Crippen molar-refractivity contribution in [2.45, 2.75) is 57.2 Å². The predicted molar refractivity (Wildman–Crippen MR) is 138 cm³/mol. The molecule has 1 saturated carbocycles. The number of ether oxygens (including phenoxy) is 3. The minimum Gasteiger partial charge on any atom is -0.497 e. The van der Waals surface area contributed by atoms with Crippen molar-refractivity contribution in [2.24, 2.45) is 11.8 Å². The van der Waals surface area contributed by atoms with Crippen molar-refractivity contribution < 1.29 is 37.3 Å². The van der Waals surface area contributed by atoms with Crippen LogP contribution in [0.5, 0.6) is 11.5 Å². The zero-order chi connectivity index (χ0) is 27.3. The Morgan fingerprint density at radius 2 is 1.82 bits per heavy atom. The third-order valence-electron chi connectivity index (χ3n) is 7.49. The number of carboxylic acid groups (broad SMARTS) is 1. The number of hydrogen-bond donors (Lipinski definition) is 1. The smallest absolute Gasteiger partial charge is 0.411 e. The third kappa shape index (κ3) is 7.79. The highest BCUT2D eigenvalue weighted by molar-refractivity contribution is 5.68. The first kappa shape index (κ1) is 28.1. The Morgan fingerprint density at radius 3 is 2.45 bits per heavy atom. The average Bonchev–Trinajstić information content (AvgIpc) is 3.74. The first-order valence-corrected chi connectivity index (χ1v) is 13.2. The summed E-state index contributed by atoms with van der Waals surface area (Å²) in [6.07, 6.45) is -1.07. The van der Waals surface area contributed by atoms with Gasteiger partial charge in [0.2, 0.25) is 0 Å². The number of methoxy groups -OCH3 is 1. The summed E-state index contributed by atoms with van der Waals surface area (Å²) in [7, 11) is 1.56. The van der Waals surface area contributed by atoms with E-state index in [0.717, 1.165) is 55.8 Å². The van der Waals surface area contributed by atoms with E-state index in [-0.39, 0.29) is 12.3 Å². The maximum atomic E-state index is 12.7. The molecule has 1 aliphatic carbocycles. The van der Waals surface area contributed by atoms with Crippen LogP contribution < -0.4 is 14.4 Å². The van der Waals surface area contributed by atoms with Gasteiger partial charge in [-0.05, 0) is 74.1 Å². The first-order chi connectivity index (χ1) is 18.1. The lowest BCUT2D eigenvalue weighted by atomic mass is 9.91. The second kappa shape index (κ2) is 12.3. The van der Waals surface area contributed by atoms with Gasteiger partial charge in [-0.15, -0.1) is 0 Å². The fourth-order valence-electron chi connectivity index (χ4n) is 5.21. The number of alkyl halides is 3. The summed E-state index contributed by atoms with van der Waals surface area (Å²) < 4.78 is 54.7. The first-order valence-electron chi connectivity index (χ1n) is 13.2. The molecule has 1 heterocycles. The Kier molecular flexibility index (Phi) is 9.07. The van der Waals surface area contributed by atoms with Crippen molar-refractivity contribution in [3.63, 3.8) is 0 Å². The Morgan fingerprint density at radius 1 is 1.08 bits per heavy atom. The van der Waals surface area contributed by atoms with Crippen LogP contribution >= 0.6 is 0 Å². The molecule has 1 unspecified atom stereocenters. The van der Waals surface area contributed by atoms with Gasteiger partial charge in [0.15, 0.2) is 0 Å². The SMILES string of the molecule is COc1ccc(C(C)OCC(F)(F)F)c(N2CCC(COc3cccc([C@@H](CC(=O)O)C4CC4)c3)CC2)c1. The van der Waals surface area contributed by atoms with E-state index in [0.29, 0.717) is 29.8 Å². The minimum atomic E-state index is -4.38. The number of aliphatic carboxylic acids is 1. The second-order valence-electron chi connectivity index (χ2n) is 10.3. The summed E-state index contributed by atoms with van der Waals surface area (Å²) >= 11 is 0. The molecular formula is C29H36F3NO5. The number of hydrogen-bond acceptors (Lipinski definition) is 5. The molecule has 2 atom stereocenters. The molecule has 1 saturated heterocycles. The molecule has 2 fully saturated rings. The number of benzene rings is 2. The van der Waals surface area contributed by atoms with Crippen molar-refractivity contribution in [3.05, 3.63) is 53.6 Å². The highest BCUT2D eigenvalue weighted by Gasteiger charge is 2.34. The third-order valence-corrected chi connectivity index (χ3v) is 7.49. The number of anilines is 1. The molecule has 9 heteroatoms. The molecule has 6 nitrogen and oxygen atoms in total. The highest BCUT2D eigenvalue weighted by atomic mass is 19.4. The van der Waals surface area contributed by atoms with E-state index in [1.165, 1.54) is 0 Å². The number of carbonyl (C=O) groups is 1. The van der Waals surface area contributed by atoms with Crippen LogP contribution in [0.15, 0.2) is 42.5 Å². The van der Waals surface area contributed by atoms with Crippen LogP contribution in [0.3, 0.4) is 0 Å². The molecule has 4 rings (SSSR count). The molecular weight excluding hydrogens is 499 g/mol. The van der Waals surface area contributed by atoms with E-state index >= 15 is 0 Å². The maximum Gasteiger partial charge on any atom is 0.411 e. The van der Waals surface area contributed by atoms with E-state index in [9.17, 15) is 23.1 Å². The molecule has 0 bridgehead atoms. The lowest BCUT2D eigenvalue weighted by molar-refractivity contribution is -0.184. The van der Waals surface area contributed by atoms with Gasteiger partial charge in [0.1, 0.15) is 18.1 Å². The lowest BCUT2D eigenvalue weighted by Gasteiger charge is -2.35. The number of carboxylic acids is 1. The molecule has 38 heavy (non-hydrogen) atoms. The van der Waals surface area contributed by atoms with Crippen LogP contribution in [0.2, 0.25) is 0 Å². The van der Waals surface area contributed by atoms with Crippen LogP contribution in [-0.4, -0.2) is 50.7 Å². The van der Waals surface area contributed by atoms with Crippen LogP contribution in [0.1, 0.15) is 62.2 Å². The van der Waals surface area contributed by atoms with E-state index in [1.807, 2.05) is 30.3 Å². The zero-order valence-corrected chi connectivity index (χ0v) is 21.9. The average molecular weight is 536 g/mol. The Bertz CT molecular complexity index is 1080. The summed E-state index contributed by atoms with van der Waals surface area (Å²) in [6, 6.07) is 13.2. The molecule has 1 N–H and O–H groups in total. The predicted octanol–water partition coefficient (Wildman–Crippen LogP) is 6.60. The van der Waals surface area contributed by atoms with Gasteiger partial charge in [-0.2, -0.15) is 13.2 Å². The monoisotopic (exact) mass is 535 g/mol. The Hall–Kier alpha value is -2.94. The van der Waals surface area contributed by atoms with Gasteiger partial charge in [-0.1, -0.05) is 18.2 Å². The van der Waals surface area contributed by atoms with Crippen LogP contribution in [-0.2, 0) is 9.53 Å². The molecule has 2 aromatic rings. The summed E-state index contributed by atoms with van der Waals surface area (Å²) in [6.45, 7) is 2.37. The van der Waals surface area contributed by atoms with Crippen molar-refractivity contribution in [3.8, 4) is 11.5 Å². The second-order valence-corrected chi connectivity index (χ2v) is 10.3. The summed E-state index contributed by atoms with van der Waals surface area (Å²) in [5, 5.41) is 9.31. The summed E-state index contributed by atoms with van der Waals surface area (Å²) in [4.78, 5) is 13.5. The molecule has 2 aliphatic rings. The highest BCUT2D eigenvalue weighted by Crippen LogP contribution is 2.45. The molecule has 2 aromatic carbocycles. The van der Waals surface area contributed by atoms with E-state index in [4.69, 9.17) is 14.2 Å². The van der Waals surface area contributed by atoms with Gasteiger partial charge in [-0.3, -0.25) is 4.79 Å². The van der Waals surface area contributed by atoms with Crippen molar-refractivity contribution in [1.82, 2.24) is 0 Å². The standard InChI is InChI=1S/C29H36F3NO5/c1-19(38-18-29(30,31)32)25-9-8-23(36-2)15-27(25)33-12-10-20(11-13-33)17-37-24-5-3-4-22(14-24)26(16-28(34)35)21-6-7-21/h3-5,8-9,14-15,19-21,26H,6-7,10-13,16-18H2,1-2H3,(H,34,35)/t19?,26-/m0/s1. The van der Waals surface area contributed by atoms with Gasteiger partial charge in [0.05, 0.1) is 26.2 Å². The molecule has 1 aliphatic heterocycles. The zero-order valence-electron chi connectivity index (χ0n) is 21.9. The van der Waals surface area contributed by atoms with Crippen LogP contribution in [0, 0.1) is 11.8 Å². The number of nitrogens with zero attached hydrogens (tertiary/aromatic N) is 1. The van der Waals surface area contributed by atoms with Gasteiger partial charge in [-0.25, -0.2) is 0 Å². The van der Waals surface area contributed by atoms with Crippen LogP contribution in [0.4, 0.5) is 18.9 Å². The van der Waals surface area contributed by atoms with E-state index in [2.05, 4.69) is 4.90 Å². The number of halogens is 3. The topological polar surface area (TPSA) is 68.2 Å². The van der Waals surface area contributed by atoms with Gasteiger partial charge in [0.25, 0.3) is 0 Å². The van der Waals surface area contributed by atoms with Gasteiger partial charge >= 0.3 is 12.1 Å². The molecule has 0 amide bonds. The molecule has 0 spiro atoms. The fraction of sp³-hybridized carbons (Fsp3) is 0.552. The Labute approximate surface area is 221 Å². The maximum absolute atomic E-state index is 12.7. The van der Waals surface area contributed by atoms with Crippen LogP contribution in [0.25, 0.3) is 0 Å². The van der Waals surface area contributed by atoms with Gasteiger partial charge in [0, 0.05) is 30.4 Å². The van der Waals surface area contributed by atoms with Crippen molar-refractivity contribution >= 4 is 11.7 Å².